The van der Waals surface area contributed by atoms with Crippen LogP contribution in [-0.2, 0) is 9.59 Å². The summed E-state index contributed by atoms with van der Waals surface area (Å²) in [5.74, 6) is -0.875. The third kappa shape index (κ3) is 13.2. The summed E-state index contributed by atoms with van der Waals surface area (Å²) in [7, 11) is 0. The molecule has 0 N–H and O–H groups in total. The highest BCUT2D eigenvalue weighted by atomic mass is 16.5. The zero-order valence-corrected chi connectivity index (χ0v) is 24.4. The van der Waals surface area contributed by atoms with E-state index in [4.69, 9.17) is 9.47 Å². The van der Waals surface area contributed by atoms with Gasteiger partial charge in [-0.05, 0) is 48.2 Å². The molecule has 6 nitrogen and oxygen atoms in total. The van der Waals surface area contributed by atoms with E-state index in [1.807, 2.05) is 0 Å². The maximum Gasteiger partial charge on any atom is 0.311 e. The Labute approximate surface area is 239 Å². The van der Waals surface area contributed by atoms with Crippen molar-refractivity contribution >= 4 is 11.9 Å². The molecular formula is C34H46O6. The van der Waals surface area contributed by atoms with Crippen LogP contribution in [0.1, 0.15) is 117 Å². The van der Waals surface area contributed by atoms with Crippen molar-refractivity contribution < 1.29 is 19.1 Å². The number of hydrogen-bond acceptors (Lipinski definition) is 6. The molecule has 0 amide bonds. The highest BCUT2D eigenvalue weighted by Gasteiger charge is 2.10. The topological polar surface area (TPSA) is 86.7 Å². The van der Waals surface area contributed by atoms with Crippen LogP contribution < -0.4 is 20.3 Å². The Morgan fingerprint density at radius 2 is 0.800 bits per heavy atom. The van der Waals surface area contributed by atoms with E-state index >= 15 is 0 Å². The van der Waals surface area contributed by atoms with Gasteiger partial charge in [0.25, 0.3) is 0 Å². The maximum atomic E-state index is 12.5. The Morgan fingerprint density at radius 1 is 0.475 bits per heavy atom. The van der Waals surface area contributed by atoms with Crippen LogP contribution in [0.4, 0.5) is 0 Å². The smallest absolute Gasteiger partial charge is 0.311 e. The van der Waals surface area contributed by atoms with Gasteiger partial charge in [-0.15, -0.1) is 0 Å². The fourth-order valence-electron chi connectivity index (χ4n) is 4.46. The second-order valence-corrected chi connectivity index (χ2v) is 10.4. The summed E-state index contributed by atoms with van der Waals surface area (Å²) in [6.45, 7) is 4.37. The number of unbranched alkanes of at least 4 members (excludes halogenated alkanes) is 12. The third-order valence-corrected chi connectivity index (χ3v) is 6.89. The van der Waals surface area contributed by atoms with Crippen LogP contribution in [0.25, 0.3) is 11.1 Å². The van der Waals surface area contributed by atoms with Gasteiger partial charge in [0.05, 0.1) is 0 Å². The predicted molar refractivity (Wildman–Crippen MR) is 161 cm³/mol. The van der Waals surface area contributed by atoms with E-state index in [1.54, 1.807) is 24.3 Å². The summed E-state index contributed by atoms with van der Waals surface area (Å²) in [5, 5.41) is 0. The third-order valence-electron chi connectivity index (χ3n) is 6.89. The number of rotatable bonds is 19. The van der Waals surface area contributed by atoms with Crippen LogP contribution in [0.2, 0.25) is 0 Å². The lowest BCUT2D eigenvalue weighted by molar-refractivity contribution is -0.135. The lowest BCUT2D eigenvalue weighted by Gasteiger charge is -2.03. The van der Waals surface area contributed by atoms with Crippen LogP contribution in [0.15, 0.2) is 58.1 Å². The lowest BCUT2D eigenvalue weighted by Crippen LogP contribution is -2.12. The van der Waals surface area contributed by atoms with E-state index in [-0.39, 0.29) is 24.3 Å². The minimum atomic E-state index is -0.413. The maximum absolute atomic E-state index is 12.5. The minimum Gasteiger partial charge on any atom is -0.422 e. The fraction of sp³-hybridized carbons (Fsp3) is 0.529. The van der Waals surface area contributed by atoms with Crippen molar-refractivity contribution in [1.29, 1.82) is 0 Å². The molecule has 2 aromatic carbocycles. The van der Waals surface area contributed by atoms with Crippen LogP contribution in [0.5, 0.6) is 11.5 Å². The lowest BCUT2D eigenvalue weighted by atomic mass is 10.1. The first-order valence-electron chi connectivity index (χ1n) is 15.1. The van der Waals surface area contributed by atoms with E-state index in [9.17, 15) is 19.2 Å². The number of carbonyl (C=O) groups excluding carboxylic acids is 2. The number of hydrogen-bond donors (Lipinski definition) is 0. The molecule has 218 valence electrons. The Hall–Kier alpha value is -3.28. The van der Waals surface area contributed by atoms with Crippen molar-refractivity contribution in [2.75, 3.05) is 0 Å². The zero-order chi connectivity index (χ0) is 29.0. The fourth-order valence-corrected chi connectivity index (χ4v) is 4.46. The van der Waals surface area contributed by atoms with E-state index in [0.29, 0.717) is 11.1 Å². The first kappa shape index (κ1) is 32.9. The molecule has 2 aromatic rings. The molecule has 0 heterocycles. The van der Waals surface area contributed by atoms with Crippen LogP contribution >= 0.6 is 0 Å². The monoisotopic (exact) mass is 550 g/mol. The molecule has 0 aliphatic heterocycles. The Bertz CT molecular complexity index is 1080. The first-order chi connectivity index (χ1) is 19.4. The van der Waals surface area contributed by atoms with Crippen molar-refractivity contribution in [3.63, 3.8) is 0 Å². The van der Waals surface area contributed by atoms with Crippen molar-refractivity contribution in [3.8, 4) is 22.6 Å². The highest BCUT2D eigenvalue weighted by Crippen LogP contribution is 2.20. The zero-order valence-electron chi connectivity index (χ0n) is 24.4. The molecule has 0 aliphatic rings. The van der Waals surface area contributed by atoms with E-state index in [2.05, 4.69) is 13.8 Å². The summed E-state index contributed by atoms with van der Waals surface area (Å²) in [4.78, 5) is 49.5. The second kappa shape index (κ2) is 19.7. The van der Waals surface area contributed by atoms with Gasteiger partial charge >= 0.3 is 11.9 Å². The molecule has 0 fully saturated rings. The predicted octanol–water partition coefficient (Wildman–Crippen LogP) is 8.17. The number of ether oxygens (including phenoxy) is 2. The normalized spacial score (nSPS) is 10.8. The molecular weight excluding hydrogens is 504 g/mol. The molecule has 0 bridgehead atoms. The molecule has 0 radical (unpaired) electrons. The van der Waals surface area contributed by atoms with Gasteiger partial charge in [0.1, 0.15) is 0 Å². The van der Waals surface area contributed by atoms with Crippen LogP contribution in [0, 0.1) is 0 Å². The van der Waals surface area contributed by atoms with Crippen molar-refractivity contribution in [1.82, 2.24) is 0 Å². The molecule has 0 aliphatic carbocycles. The Balaban J connectivity index is 1.93. The van der Waals surface area contributed by atoms with Crippen LogP contribution in [-0.4, -0.2) is 11.9 Å². The van der Waals surface area contributed by atoms with Crippen LogP contribution in [0.3, 0.4) is 0 Å². The van der Waals surface area contributed by atoms with Gasteiger partial charge < -0.3 is 9.47 Å². The summed E-state index contributed by atoms with van der Waals surface area (Å²) in [6.07, 6.45) is 15.9. The molecule has 40 heavy (non-hydrogen) atoms. The molecule has 0 aromatic heterocycles. The molecule has 0 spiro atoms. The average Bonchev–Trinajstić information content (AvgIpc) is 3.23. The minimum absolute atomic E-state index is 0.0241. The van der Waals surface area contributed by atoms with E-state index in [0.717, 1.165) is 38.5 Å². The first-order valence-corrected chi connectivity index (χ1v) is 15.1. The molecule has 6 heteroatoms. The summed E-state index contributed by atoms with van der Waals surface area (Å²) >= 11 is 0. The molecule has 0 unspecified atom stereocenters. The molecule has 0 atom stereocenters. The Morgan fingerprint density at radius 3 is 1.18 bits per heavy atom. The van der Waals surface area contributed by atoms with Gasteiger partial charge in [0.15, 0.2) is 11.5 Å². The van der Waals surface area contributed by atoms with Crippen molar-refractivity contribution in [2.24, 2.45) is 0 Å². The quantitative estimate of drug-likeness (QED) is 0.129. The van der Waals surface area contributed by atoms with E-state index < -0.39 is 22.8 Å². The molecule has 2 rings (SSSR count). The van der Waals surface area contributed by atoms with Gasteiger partial charge in [-0.2, -0.15) is 0 Å². The second-order valence-electron chi connectivity index (χ2n) is 10.4. The standard InChI is InChI=1S/C34H46O6/c1-3-5-7-9-11-13-15-17-33(37)39-31-25-21-27(19-23-29(31)35)28-20-24-30(36)32(26-22-28)40-34(38)18-16-14-12-10-8-6-4-2/h19-26H,3-18H2,1-2H3. The molecule has 0 saturated carbocycles. The number of esters is 2. The summed E-state index contributed by atoms with van der Waals surface area (Å²) < 4.78 is 10.7. The van der Waals surface area contributed by atoms with Gasteiger partial charge in [-0.3, -0.25) is 19.2 Å². The van der Waals surface area contributed by atoms with Gasteiger partial charge in [-0.25, -0.2) is 0 Å². The van der Waals surface area contributed by atoms with E-state index in [1.165, 1.54) is 75.6 Å². The summed E-state index contributed by atoms with van der Waals surface area (Å²) in [6, 6.07) is 12.2. The van der Waals surface area contributed by atoms with Gasteiger partial charge in [-0.1, -0.05) is 115 Å². The highest BCUT2D eigenvalue weighted by molar-refractivity contribution is 5.73. The van der Waals surface area contributed by atoms with Gasteiger partial charge in [0.2, 0.25) is 10.9 Å². The van der Waals surface area contributed by atoms with Crippen molar-refractivity contribution in [2.45, 2.75) is 117 Å². The van der Waals surface area contributed by atoms with Crippen molar-refractivity contribution in [3.05, 3.63) is 69.0 Å². The largest absolute Gasteiger partial charge is 0.422 e. The number of carbonyl (C=O) groups is 2. The average molecular weight is 551 g/mol. The molecule has 0 saturated heterocycles. The SMILES string of the molecule is CCCCCCCCCC(=O)Oc1ccc(-c2ccc(OC(=O)CCCCCCCCC)c(=O)cc2)ccc1=O. The van der Waals surface area contributed by atoms with Gasteiger partial charge in [0, 0.05) is 12.8 Å². The Kier molecular flexibility index (Phi) is 16.2. The summed E-state index contributed by atoms with van der Waals surface area (Å²) in [5.41, 5.74) is 0.512.